The first-order valence-electron chi connectivity index (χ1n) is 32.8. The van der Waals surface area contributed by atoms with Gasteiger partial charge in [0.2, 0.25) is 0 Å². The van der Waals surface area contributed by atoms with Gasteiger partial charge in [0, 0.05) is 45.4 Å². The van der Waals surface area contributed by atoms with Crippen LogP contribution in [0, 0.1) is 71.0 Å². The average Bonchev–Trinajstić information content (AvgIpc) is 1.74. The molecule has 6 fully saturated rings. The van der Waals surface area contributed by atoms with Gasteiger partial charge in [-0.2, -0.15) is 8.42 Å². The average molecular weight is 1560 g/mol. The summed E-state index contributed by atoms with van der Waals surface area (Å²) in [5, 5.41) is 39.8. The number of amides is 2. The van der Waals surface area contributed by atoms with Crippen molar-refractivity contribution < 1.29 is 182 Å². The third kappa shape index (κ3) is 67.3. The standard InChI is InChI=1S/C12H21NO4.C10H17NO4.C10H18O5.C8H14O5S.C7H11N3O2.C7H13NO2.C7H12O3.2CH4O.CH4.Li.N3.H3N2.Na.H2O/c1-5-16-10(14)9-6-8(9)7-13-11(15)17-12(2,3)4;1-10(2,3)15-9(14)11-5-6-4-7(6)8(12)13;1-9(2,3)14-7(11)13-8(12)15-10(4,5)6;1-3-12-8(9)7-4-6(7)5-13-14(2,10)11;1-2-12-7(11)6-3-5(6)4-9-10-8;2*1-2-10-7(9)6-3-5(6)4-8;2*1-2;;;1-3-2;1-2;;/h8-9H,5-7H2,1-4H3,(H,13,15);6-7H,4-5H2,1-3H3,(H,11,14)(H,12,13);1-6H3;6-7H,3-5H2,1-2H3;5-6H,2-4H2,1H3;5-6H,2-4,8H2,1H3;5-6,8H,2-4H2,1H3;2*2H,1H3;1H4;;;1H,2H2;;1H2/q;;;;;;;;;;+1;2*-1;+1;/p-1/t8-,9+;6-,7+;;6-,7+;3*5-,6+;;;;;;;;/m00.0000......../s1. The van der Waals surface area contributed by atoms with Crippen LogP contribution in [0.4, 0.5) is 19.2 Å². The van der Waals surface area contributed by atoms with E-state index in [-0.39, 0.29) is 169 Å². The monoisotopic (exact) mass is 1550 g/mol. The number of hydrogen-bond donors (Lipinski definition) is 8. The van der Waals surface area contributed by atoms with Crippen molar-refractivity contribution in [3.05, 3.63) is 32.3 Å². The number of nitrogens with zero attached hydrogens (tertiary/aromatic N) is 6. The first kappa shape index (κ1) is 118. The molecule has 2 amide bonds. The molecule has 6 aliphatic carbocycles. The minimum absolute atomic E-state index is 0. The Labute approximate surface area is 658 Å². The summed E-state index contributed by atoms with van der Waals surface area (Å²) in [5.41, 5.74) is 24.5. The molecule has 0 aromatic heterocycles. The molecule has 106 heavy (non-hydrogen) atoms. The smallest absolute Gasteiger partial charge is 0.870 e. The number of esters is 5. The first-order chi connectivity index (χ1) is 47.3. The Morgan fingerprint density at radius 3 is 1.04 bits per heavy atom. The largest absolute Gasteiger partial charge is 1.00 e. The molecule has 0 saturated heterocycles. The molecule has 0 aromatic rings. The van der Waals surface area contributed by atoms with Gasteiger partial charge in [0.1, 0.15) is 22.4 Å². The number of carboxylic acid groups (broad SMARTS) is 1. The summed E-state index contributed by atoms with van der Waals surface area (Å²) >= 11 is 0. The predicted octanol–water partition coefficient (Wildman–Crippen LogP) is 2.26. The van der Waals surface area contributed by atoms with Crippen molar-refractivity contribution in [1.29, 1.82) is 0 Å². The normalized spacial score (nSPS) is 21.0. The minimum atomic E-state index is -3.39. The molecule has 0 bridgehead atoms. The van der Waals surface area contributed by atoms with Crippen molar-refractivity contribution in [1.82, 2.24) is 10.6 Å². The molecule has 6 saturated carbocycles. The van der Waals surface area contributed by atoms with E-state index < -0.39 is 63.0 Å². The summed E-state index contributed by atoms with van der Waals surface area (Å²) in [5.74, 6) is 8.06. The van der Waals surface area contributed by atoms with Crippen molar-refractivity contribution >= 4 is 70.4 Å². The summed E-state index contributed by atoms with van der Waals surface area (Å²) in [6.07, 6.45) is 2.57. The van der Waals surface area contributed by atoms with Crippen LogP contribution in [-0.2, 0) is 90.4 Å². The molecule has 6 aliphatic rings. The Hall–Kier alpha value is -6.05. The second kappa shape index (κ2) is 62.8. The van der Waals surface area contributed by atoms with Gasteiger partial charge in [0.25, 0.3) is 10.1 Å². The van der Waals surface area contributed by atoms with E-state index in [0.29, 0.717) is 78.0 Å². The number of azide groups is 1. The third-order valence-electron chi connectivity index (χ3n) is 13.0. The number of nitrogens with two attached hydrogens (primary N) is 2. The Morgan fingerprint density at radius 2 is 0.774 bits per heavy atom. The van der Waals surface area contributed by atoms with E-state index in [1.54, 1.807) is 90.0 Å². The maximum Gasteiger partial charge on any atom is 1.00 e. The van der Waals surface area contributed by atoms with Crippen LogP contribution in [-0.4, -0.2) is 210 Å². The number of ether oxygens (including phenoxy) is 10. The van der Waals surface area contributed by atoms with Gasteiger partial charge >= 0.3 is 109 Å². The van der Waals surface area contributed by atoms with Crippen molar-refractivity contribution in [2.75, 3.05) is 92.9 Å². The van der Waals surface area contributed by atoms with Crippen LogP contribution in [0.15, 0.2) is 5.11 Å². The molecular formula is C64H122LiN11NaO28S-. The van der Waals surface area contributed by atoms with E-state index >= 15 is 0 Å². The molecule has 0 aliphatic heterocycles. The first-order valence-corrected chi connectivity index (χ1v) is 34.6. The molecule has 0 radical (unpaired) electrons. The fraction of sp³-hybridized carbons (Fsp3) is 0.844. The van der Waals surface area contributed by atoms with Crippen molar-refractivity contribution in [3.8, 4) is 0 Å². The second-order valence-corrected chi connectivity index (χ2v) is 28.1. The van der Waals surface area contributed by atoms with Gasteiger partial charge in [-0.05, 0) is 204 Å². The molecule has 0 unspecified atom stereocenters. The summed E-state index contributed by atoms with van der Waals surface area (Å²) in [4.78, 5) is 114. The third-order valence-corrected chi connectivity index (χ3v) is 13.5. The fourth-order valence-electron chi connectivity index (χ4n) is 7.80. The van der Waals surface area contributed by atoms with Gasteiger partial charge in [-0.3, -0.25) is 37.9 Å². The van der Waals surface area contributed by atoms with E-state index in [2.05, 4.69) is 35.4 Å². The number of alkyl carbamates (subject to hydrolysis) is 2. The van der Waals surface area contributed by atoms with E-state index in [9.17, 15) is 56.4 Å². The molecule has 39 nitrogen and oxygen atoms in total. The Morgan fingerprint density at radius 1 is 0.509 bits per heavy atom. The maximum absolute atomic E-state index is 11.3. The Bertz CT molecular complexity index is 2650. The molecule has 12 atom stereocenters. The van der Waals surface area contributed by atoms with E-state index in [0.717, 1.165) is 46.2 Å². The van der Waals surface area contributed by atoms with E-state index in [1.807, 2.05) is 27.7 Å². The maximum atomic E-state index is 11.3. The molecule has 42 heteroatoms. The van der Waals surface area contributed by atoms with Gasteiger partial charge in [0.05, 0.1) is 81.4 Å². The SMILES string of the molecule is C.CC(C)(C)OC(=O)NC[C@@H]1C[C@H]1C(=O)O.CC(C)(C)OC(=O)OC(=O)OC(C)(C)C.CCOC(=O)[C@@H]1C[C@H]1CN.CCOC(=O)[C@@H]1C[C@H]1CN=[N+]=[N-].CCOC(=O)[C@@H]1C[C@H]1CNC(=O)OC(C)(C)C.CCOC(=O)[C@@H]1C[C@H]1CO.CCOC(=O)[C@@H]1C[C@H]1COS(C)(=O)=O.CO.CO.[Li+].[N-]=[N+]=[N-].[NH-]N.[Na+].[OH-]. The van der Waals surface area contributed by atoms with Crippen LogP contribution in [0.5, 0.6) is 0 Å². The summed E-state index contributed by atoms with van der Waals surface area (Å²) in [6, 6.07) is 0. The quantitative estimate of drug-likeness (QED) is 0.00736. The number of aliphatic carboxylic acids is 1. The van der Waals surface area contributed by atoms with Crippen LogP contribution in [0.1, 0.15) is 164 Å². The van der Waals surface area contributed by atoms with Gasteiger partial charge < -0.3 is 112 Å². The van der Waals surface area contributed by atoms with Crippen LogP contribution in [0.25, 0.3) is 32.3 Å². The van der Waals surface area contributed by atoms with E-state index in [1.165, 1.54) is 4.91 Å². The molecule has 6 rings (SSSR count). The second-order valence-electron chi connectivity index (χ2n) is 26.4. The molecule has 0 spiro atoms. The number of carbonyl (C=O) groups is 10. The van der Waals surface area contributed by atoms with Gasteiger partial charge in [-0.1, -0.05) is 12.5 Å². The number of carbonyl (C=O) groups excluding carboxylic acids is 9. The zero-order chi connectivity index (χ0) is 80.5. The van der Waals surface area contributed by atoms with Gasteiger partial charge in [-0.25, -0.2) is 19.2 Å². The van der Waals surface area contributed by atoms with Crippen molar-refractivity contribution in [3.63, 3.8) is 0 Å². The van der Waals surface area contributed by atoms with Crippen molar-refractivity contribution in [2.24, 2.45) is 87.7 Å². The molecule has 0 aromatic carbocycles. The minimum Gasteiger partial charge on any atom is -0.870 e. The Balaban J connectivity index is -0.000000145. The van der Waals surface area contributed by atoms with Crippen molar-refractivity contribution in [2.45, 2.75) is 186 Å². The van der Waals surface area contributed by atoms with Crippen LogP contribution in [0.3, 0.4) is 0 Å². The van der Waals surface area contributed by atoms with Gasteiger partial charge in [-0.15, -0.1) is 0 Å². The number of aliphatic hydroxyl groups excluding tert-OH is 3. The number of carboxylic acids is 1. The molecule has 12 N–H and O–H groups in total. The van der Waals surface area contributed by atoms with E-state index in [4.69, 9.17) is 91.2 Å². The van der Waals surface area contributed by atoms with Gasteiger partial charge in [0.15, 0.2) is 0 Å². The topological polar surface area (TPSA) is 625 Å². The predicted molar refractivity (Wildman–Crippen MR) is 377 cm³/mol. The summed E-state index contributed by atoms with van der Waals surface area (Å²) in [7, 11) is -1.39. The molecular weight excluding hydrogens is 1430 g/mol. The molecule has 0 heterocycles. The number of rotatable bonds is 22. The van der Waals surface area contributed by atoms with Crippen LogP contribution in [0.2, 0.25) is 0 Å². The number of hydrogen-bond acceptors (Lipinski definition) is 30. The molecule has 610 valence electrons. The zero-order valence-electron chi connectivity index (χ0n) is 65.3. The Kier molecular flexibility index (Phi) is 70.1. The summed E-state index contributed by atoms with van der Waals surface area (Å²) < 4.78 is 73.8. The number of nitrogens with one attached hydrogen (secondary N) is 3. The van der Waals surface area contributed by atoms with Crippen LogP contribution < -0.4 is 70.6 Å². The fourth-order valence-corrected chi connectivity index (χ4v) is 8.22. The zero-order valence-corrected chi connectivity index (χ0v) is 68.1. The van der Waals surface area contributed by atoms with Crippen LogP contribution >= 0.6 is 0 Å². The summed E-state index contributed by atoms with van der Waals surface area (Å²) in [6.45, 7) is 33.9. The number of aliphatic hydroxyl groups is 3.